The molecule has 1 aromatic rings. The van der Waals surface area contributed by atoms with Crippen LogP contribution in [0.2, 0.25) is 0 Å². The molecule has 1 heterocycles. The molecule has 1 fully saturated rings. The summed E-state index contributed by atoms with van der Waals surface area (Å²) in [5.74, 6) is -0.512. The highest BCUT2D eigenvalue weighted by atomic mass is 19.1. The van der Waals surface area contributed by atoms with Crippen molar-refractivity contribution in [3.8, 4) is 0 Å². The summed E-state index contributed by atoms with van der Waals surface area (Å²) in [5, 5.41) is 11.2. The molecule has 22 heavy (non-hydrogen) atoms. The second-order valence-electron chi connectivity index (χ2n) is 6.18. The van der Waals surface area contributed by atoms with Gasteiger partial charge in [-0.2, -0.15) is 0 Å². The maximum Gasteiger partial charge on any atom is 0.273 e. The molecule has 108 valence electrons. The Labute approximate surface area is 126 Å². The monoisotopic (exact) mass is 293 g/mol. The predicted molar refractivity (Wildman–Crippen MR) is 80.1 cm³/mol. The molecule has 4 aliphatic rings. The van der Waals surface area contributed by atoms with E-state index in [0.717, 1.165) is 36.1 Å². The maximum atomic E-state index is 13.4. The van der Waals surface area contributed by atoms with Crippen LogP contribution < -0.4 is 5.32 Å². The minimum absolute atomic E-state index is 0.228. The molecule has 0 bridgehead atoms. The molecule has 0 atom stereocenters. The van der Waals surface area contributed by atoms with Gasteiger partial charge >= 0.3 is 0 Å². The van der Waals surface area contributed by atoms with Gasteiger partial charge in [-0.25, -0.2) is 4.39 Å². The summed E-state index contributed by atoms with van der Waals surface area (Å²) >= 11 is 0. The fraction of sp³-hybridized carbons (Fsp3) is 0.235. The Bertz CT molecular complexity index is 872. The fourth-order valence-electron chi connectivity index (χ4n) is 3.22. The van der Waals surface area contributed by atoms with Crippen molar-refractivity contribution >= 4 is 17.3 Å². The van der Waals surface area contributed by atoms with E-state index >= 15 is 0 Å². The number of nitrogens with one attached hydrogen (secondary N) is 1. The van der Waals surface area contributed by atoms with Crippen LogP contribution in [-0.2, 0) is 10.3 Å². The van der Waals surface area contributed by atoms with Crippen molar-refractivity contribution in [1.82, 2.24) is 5.32 Å². The number of rotatable bonds is 3. The molecular weight excluding hydrogens is 281 g/mol. The van der Waals surface area contributed by atoms with Crippen LogP contribution >= 0.6 is 0 Å². The lowest BCUT2D eigenvalue weighted by molar-refractivity contribution is -0.115. The van der Waals surface area contributed by atoms with E-state index in [1.54, 1.807) is 6.07 Å². The van der Waals surface area contributed by atoms with E-state index < -0.39 is 5.54 Å². The number of amides is 1. The minimum atomic E-state index is -0.452. The Morgan fingerprint density at radius 3 is 2.91 bits per heavy atom. The largest absolute Gasteiger partial charge is 0.341 e. The van der Waals surface area contributed by atoms with Crippen molar-refractivity contribution in [3.05, 3.63) is 58.4 Å². The predicted octanol–water partition coefficient (Wildman–Crippen LogP) is 2.38. The maximum absolute atomic E-state index is 13.4. The summed E-state index contributed by atoms with van der Waals surface area (Å²) in [6.07, 6.45) is 4.61. The second kappa shape index (κ2) is 3.80. The average Bonchev–Trinajstić information content (AvgIpc) is 3.37. The van der Waals surface area contributed by atoms with Crippen LogP contribution in [0, 0.1) is 5.82 Å². The topological polar surface area (TPSA) is 53.8 Å². The Balaban J connectivity index is 1.39. The van der Waals surface area contributed by atoms with Crippen LogP contribution in [0.4, 0.5) is 4.39 Å². The zero-order valence-electron chi connectivity index (χ0n) is 11.7. The van der Waals surface area contributed by atoms with Gasteiger partial charge in [-0.1, -0.05) is 12.1 Å². The standard InChI is InChI=1S/C17H12FN3O/c18-11-3-1-2-10(8-11)17(4-5-17)19-16(22)15-13-7-9-6-12(9)14(13)20-21-15/h1-3,7-8H,4-6H2,(H,19,22). The molecular formula is C17H12FN3O. The van der Waals surface area contributed by atoms with Crippen molar-refractivity contribution in [2.45, 2.75) is 24.8 Å². The Morgan fingerprint density at radius 1 is 1.27 bits per heavy atom. The molecule has 1 amide bonds. The molecule has 1 aliphatic heterocycles. The zero-order valence-corrected chi connectivity index (χ0v) is 11.7. The first-order chi connectivity index (χ1) is 10.7. The molecule has 0 radical (unpaired) electrons. The molecule has 3 aliphatic carbocycles. The number of nitrogens with zero attached hydrogens (tertiary/aromatic N) is 2. The van der Waals surface area contributed by atoms with E-state index in [1.807, 2.05) is 12.1 Å². The van der Waals surface area contributed by atoms with Crippen LogP contribution in [0.1, 0.15) is 24.8 Å². The smallest absolute Gasteiger partial charge is 0.273 e. The molecule has 0 aromatic heterocycles. The van der Waals surface area contributed by atoms with E-state index in [1.165, 1.54) is 23.3 Å². The van der Waals surface area contributed by atoms with E-state index in [0.29, 0.717) is 5.71 Å². The Morgan fingerprint density at radius 2 is 2.14 bits per heavy atom. The number of benzene rings is 1. The second-order valence-corrected chi connectivity index (χ2v) is 6.18. The van der Waals surface area contributed by atoms with Gasteiger partial charge < -0.3 is 5.32 Å². The van der Waals surface area contributed by atoms with Crippen LogP contribution in [0.5, 0.6) is 0 Å². The first-order valence-corrected chi connectivity index (χ1v) is 7.35. The SMILES string of the molecule is O=C(NC1(c2cccc(F)c2)CC1)C1=NN=C2C1=CC1=C2C1. The van der Waals surface area contributed by atoms with Gasteiger partial charge in [0.1, 0.15) is 5.82 Å². The summed E-state index contributed by atoms with van der Waals surface area (Å²) in [5.41, 5.74) is 4.91. The van der Waals surface area contributed by atoms with Crippen LogP contribution in [0.3, 0.4) is 0 Å². The van der Waals surface area contributed by atoms with Crippen LogP contribution in [-0.4, -0.2) is 17.3 Å². The normalized spacial score (nSPS) is 22.5. The molecule has 0 saturated heterocycles. The third-order valence-corrected chi connectivity index (χ3v) is 4.69. The van der Waals surface area contributed by atoms with E-state index in [9.17, 15) is 9.18 Å². The average molecular weight is 293 g/mol. The highest BCUT2D eigenvalue weighted by molar-refractivity contribution is 6.56. The number of fused-ring (bicyclic) bond motifs is 2. The fourth-order valence-corrected chi connectivity index (χ4v) is 3.22. The molecule has 0 unspecified atom stereocenters. The highest BCUT2D eigenvalue weighted by Crippen LogP contribution is 2.47. The first kappa shape index (κ1) is 12.0. The van der Waals surface area contributed by atoms with Gasteiger partial charge in [0, 0.05) is 12.0 Å². The summed E-state index contributed by atoms with van der Waals surface area (Å²) < 4.78 is 13.4. The van der Waals surface area contributed by atoms with Gasteiger partial charge in [-0.15, -0.1) is 10.2 Å². The number of halogens is 1. The number of carbonyl (C=O) groups excluding carboxylic acids is 1. The van der Waals surface area contributed by atoms with Gasteiger partial charge in [-0.05, 0) is 47.8 Å². The van der Waals surface area contributed by atoms with Gasteiger partial charge in [0.15, 0.2) is 5.71 Å². The molecule has 4 nitrogen and oxygen atoms in total. The number of allylic oxidation sites excluding steroid dienone is 3. The highest BCUT2D eigenvalue weighted by Gasteiger charge is 2.48. The quantitative estimate of drug-likeness (QED) is 0.914. The third-order valence-electron chi connectivity index (χ3n) is 4.69. The van der Waals surface area contributed by atoms with Crippen LogP contribution in [0.15, 0.2) is 57.3 Å². The van der Waals surface area contributed by atoms with Gasteiger partial charge in [0.2, 0.25) is 0 Å². The van der Waals surface area contributed by atoms with Gasteiger partial charge in [-0.3, -0.25) is 4.79 Å². The van der Waals surface area contributed by atoms with Crippen molar-refractivity contribution in [2.75, 3.05) is 0 Å². The van der Waals surface area contributed by atoms with Gasteiger partial charge in [0.25, 0.3) is 5.91 Å². The lowest BCUT2D eigenvalue weighted by Gasteiger charge is -2.18. The van der Waals surface area contributed by atoms with Crippen molar-refractivity contribution in [2.24, 2.45) is 10.2 Å². The first-order valence-electron chi connectivity index (χ1n) is 7.35. The molecule has 1 N–H and O–H groups in total. The molecule has 0 spiro atoms. The lowest BCUT2D eigenvalue weighted by atomic mass is 10.0. The summed E-state index contributed by atoms with van der Waals surface area (Å²) in [7, 11) is 0. The number of hydrogen-bond acceptors (Lipinski definition) is 3. The van der Waals surface area contributed by atoms with E-state index in [2.05, 4.69) is 15.5 Å². The van der Waals surface area contributed by atoms with E-state index in [-0.39, 0.29) is 11.7 Å². The summed E-state index contributed by atoms with van der Waals surface area (Å²) in [6.45, 7) is 0. The molecule has 5 heteroatoms. The summed E-state index contributed by atoms with van der Waals surface area (Å²) in [6, 6.07) is 6.42. The van der Waals surface area contributed by atoms with Gasteiger partial charge in [0.05, 0.1) is 11.3 Å². The lowest BCUT2D eigenvalue weighted by Crippen LogP contribution is -2.40. The van der Waals surface area contributed by atoms with Crippen molar-refractivity contribution in [3.63, 3.8) is 0 Å². The van der Waals surface area contributed by atoms with Crippen molar-refractivity contribution < 1.29 is 9.18 Å². The number of carbonyl (C=O) groups is 1. The third kappa shape index (κ3) is 1.59. The zero-order chi connectivity index (χ0) is 14.9. The van der Waals surface area contributed by atoms with Crippen molar-refractivity contribution in [1.29, 1.82) is 0 Å². The Hall–Kier alpha value is -2.56. The minimum Gasteiger partial charge on any atom is -0.341 e. The molecule has 1 aromatic carbocycles. The van der Waals surface area contributed by atoms with Crippen LogP contribution in [0.25, 0.3) is 0 Å². The Kier molecular flexibility index (Phi) is 2.08. The summed E-state index contributed by atoms with van der Waals surface area (Å²) in [4.78, 5) is 12.6. The van der Waals surface area contributed by atoms with E-state index in [4.69, 9.17) is 0 Å². The molecule has 5 rings (SSSR count). The molecule has 1 saturated carbocycles. The number of hydrogen-bond donors (Lipinski definition) is 1.